The first kappa shape index (κ1) is 22.1. The second-order valence-electron chi connectivity index (χ2n) is 8.23. The van der Waals surface area contributed by atoms with Gasteiger partial charge in [-0.3, -0.25) is 4.79 Å². The van der Waals surface area contributed by atoms with Crippen LogP contribution in [0.2, 0.25) is 0 Å². The Kier molecular flexibility index (Phi) is 6.09. The molecule has 0 aliphatic rings. The molecule has 0 bridgehead atoms. The summed E-state index contributed by atoms with van der Waals surface area (Å²) >= 11 is 0. The molecular weight excluding hydrogens is 440 g/mol. The maximum atomic E-state index is 12.5. The van der Waals surface area contributed by atoms with E-state index < -0.39 is 0 Å². The molecule has 0 saturated carbocycles. The summed E-state index contributed by atoms with van der Waals surface area (Å²) in [5.74, 6) is 1.85. The van der Waals surface area contributed by atoms with Crippen LogP contribution in [0.3, 0.4) is 0 Å². The van der Waals surface area contributed by atoms with E-state index >= 15 is 0 Å². The van der Waals surface area contributed by atoms with Gasteiger partial charge in [0.05, 0.1) is 6.42 Å². The van der Waals surface area contributed by atoms with Gasteiger partial charge in [0.25, 0.3) is 0 Å². The number of nitrogens with one attached hydrogen (secondary N) is 3. The Balaban J connectivity index is 1.22. The number of aromatic nitrogens is 3. The minimum absolute atomic E-state index is 0.133. The highest BCUT2D eigenvalue weighted by molar-refractivity contribution is 5.94. The summed E-state index contributed by atoms with van der Waals surface area (Å²) in [6.07, 6.45) is 0.133. The van der Waals surface area contributed by atoms with E-state index in [0.29, 0.717) is 34.4 Å². The molecule has 2 aromatic heterocycles. The number of hydrogen-bond acceptors (Lipinski definition) is 7. The Hall–Kier alpha value is -4.72. The molecule has 174 valence electrons. The van der Waals surface area contributed by atoms with E-state index in [1.54, 1.807) is 0 Å². The molecule has 0 aliphatic carbocycles. The third kappa shape index (κ3) is 5.44. The molecule has 0 aliphatic heterocycles. The molecule has 0 spiro atoms. The first-order chi connectivity index (χ1) is 17.0. The van der Waals surface area contributed by atoms with Crippen molar-refractivity contribution < 1.29 is 9.32 Å². The zero-order valence-electron chi connectivity index (χ0n) is 19.4. The van der Waals surface area contributed by atoms with Crippen molar-refractivity contribution in [3.63, 3.8) is 0 Å². The Morgan fingerprint density at radius 3 is 2.09 bits per heavy atom. The number of hydrogen-bond donors (Lipinski definition) is 3. The number of rotatable bonds is 7. The molecule has 3 N–H and O–H groups in total. The summed E-state index contributed by atoms with van der Waals surface area (Å²) in [6.45, 7) is 3.90. The zero-order valence-corrected chi connectivity index (χ0v) is 19.4. The van der Waals surface area contributed by atoms with Gasteiger partial charge in [0, 0.05) is 28.5 Å². The Labute approximate surface area is 202 Å². The Morgan fingerprint density at radius 2 is 1.40 bits per heavy atom. The van der Waals surface area contributed by atoms with Crippen LogP contribution >= 0.6 is 0 Å². The van der Waals surface area contributed by atoms with Gasteiger partial charge >= 0.3 is 0 Å². The SMILES string of the molecule is Cc1ccc(Nc2cc(Nc3ccc(NC(=O)Cc4noc5ccccc45)cc3)nc(C)n2)cc1. The van der Waals surface area contributed by atoms with Crippen molar-refractivity contribution in [2.75, 3.05) is 16.0 Å². The van der Waals surface area contributed by atoms with Gasteiger partial charge in [-0.1, -0.05) is 35.0 Å². The molecule has 0 fully saturated rings. The standard InChI is InChI=1S/C27H24N6O2/c1-17-7-9-19(10-8-17)30-25-16-26(29-18(2)28-25)31-20-11-13-21(14-12-20)32-27(34)15-23-22-5-3-4-6-24(22)35-33-23/h3-14,16H,15H2,1-2H3,(H,32,34)(H2,28,29,30,31). The van der Waals surface area contributed by atoms with Crippen LogP contribution in [0.5, 0.6) is 0 Å². The Morgan fingerprint density at radius 1 is 0.800 bits per heavy atom. The molecular formula is C27H24N6O2. The van der Waals surface area contributed by atoms with Crippen LogP contribution in [0.15, 0.2) is 83.4 Å². The molecule has 0 unspecified atom stereocenters. The lowest BCUT2D eigenvalue weighted by Crippen LogP contribution is -2.14. The van der Waals surface area contributed by atoms with Gasteiger partial charge in [-0.25, -0.2) is 9.97 Å². The smallest absolute Gasteiger partial charge is 0.230 e. The molecule has 35 heavy (non-hydrogen) atoms. The van der Waals surface area contributed by atoms with Crippen molar-refractivity contribution in [1.82, 2.24) is 15.1 Å². The Bertz CT molecular complexity index is 1480. The van der Waals surface area contributed by atoms with Gasteiger partial charge < -0.3 is 20.5 Å². The zero-order chi connectivity index (χ0) is 24.2. The van der Waals surface area contributed by atoms with Gasteiger partial charge in [-0.05, 0) is 62.4 Å². The van der Waals surface area contributed by atoms with Crippen LogP contribution in [0.1, 0.15) is 17.1 Å². The van der Waals surface area contributed by atoms with Crippen molar-refractivity contribution in [3.05, 3.63) is 95.9 Å². The third-order valence-corrected chi connectivity index (χ3v) is 5.38. The molecule has 0 radical (unpaired) electrons. The predicted octanol–water partition coefficient (Wildman–Crippen LogP) is 5.90. The van der Waals surface area contributed by atoms with Crippen LogP contribution in [-0.2, 0) is 11.2 Å². The van der Waals surface area contributed by atoms with Crippen LogP contribution in [0.4, 0.5) is 28.7 Å². The van der Waals surface area contributed by atoms with E-state index in [9.17, 15) is 4.79 Å². The molecule has 5 rings (SSSR count). The summed E-state index contributed by atoms with van der Waals surface area (Å²) in [6, 6.07) is 24.9. The van der Waals surface area contributed by atoms with Crippen molar-refractivity contribution in [2.45, 2.75) is 20.3 Å². The van der Waals surface area contributed by atoms with E-state index in [0.717, 1.165) is 16.8 Å². The van der Waals surface area contributed by atoms with Gasteiger partial charge in [0.15, 0.2) is 5.58 Å². The number of amides is 1. The fourth-order valence-electron chi connectivity index (χ4n) is 3.69. The fourth-order valence-corrected chi connectivity index (χ4v) is 3.69. The predicted molar refractivity (Wildman–Crippen MR) is 137 cm³/mol. The maximum absolute atomic E-state index is 12.5. The molecule has 3 aromatic carbocycles. The van der Waals surface area contributed by atoms with Gasteiger partial charge in [-0.15, -0.1) is 0 Å². The number of anilines is 5. The minimum atomic E-state index is -0.164. The van der Waals surface area contributed by atoms with Crippen LogP contribution in [-0.4, -0.2) is 21.0 Å². The van der Waals surface area contributed by atoms with E-state index in [4.69, 9.17) is 4.52 Å². The normalized spacial score (nSPS) is 10.8. The second-order valence-corrected chi connectivity index (χ2v) is 8.23. The molecule has 0 atom stereocenters. The average Bonchev–Trinajstić information content (AvgIpc) is 3.24. The van der Waals surface area contributed by atoms with Gasteiger partial charge in [0.1, 0.15) is 23.2 Å². The highest BCUT2D eigenvalue weighted by Crippen LogP contribution is 2.23. The summed E-state index contributed by atoms with van der Waals surface area (Å²) in [5, 5.41) is 14.4. The number of carbonyl (C=O) groups excluding carboxylic acids is 1. The van der Waals surface area contributed by atoms with E-state index in [2.05, 4.69) is 38.0 Å². The van der Waals surface area contributed by atoms with Crippen LogP contribution in [0, 0.1) is 13.8 Å². The topological polar surface area (TPSA) is 105 Å². The molecule has 1 amide bonds. The summed E-state index contributed by atoms with van der Waals surface area (Å²) in [4.78, 5) is 21.5. The number of para-hydroxylation sites is 1. The quantitative estimate of drug-likeness (QED) is 0.275. The number of aryl methyl sites for hydroxylation is 2. The number of carbonyl (C=O) groups is 1. The second kappa shape index (κ2) is 9.64. The van der Waals surface area contributed by atoms with Crippen LogP contribution < -0.4 is 16.0 Å². The highest BCUT2D eigenvalue weighted by Gasteiger charge is 2.12. The first-order valence-corrected chi connectivity index (χ1v) is 11.2. The molecule has 8 heteroatoms. The molecule has 2 heterocycles. The monoisotopic (exact) mass is 464 g/mol. The summed E-state index contributed by atoms with van der Waals surface area (Å²) < 4.78 is 5.27. The molecule has 0 saturated heterocycles. The van der Waals surface area contributed by atoms with E-state index in [1.165, 1.54) is 5.56 Å². The number of fused-ring (bicyclic) bond motifs is 1. The largest absolute Gasteiger partial charge is 0.356 e. The number of nitrogens with zero attached hydrogens (tertiary/aromatic N) is 3. The lowest BCUT2D eigenvalue weighted by Gasteiger charge is -2.11. The van der Waals surface area contributed by atoms with Gasteiger partial charge in [0.2, 0.25) is 5.91 Å². The minimum Gasteiger partial charge on any atom is -0.356 e. The van der Waals surface area contributed by atoms with Gasteiger partial charge in [-0.2, -0.15) is 0 Å². The summed E-state index contributed by atoms with van der Waals surface area (Å²) in [7, 11) is 0. The number of benzene rings is 3. The van der Waals surface area contributed by atoms with Crippen molar-refractivity contribution >= 4 is 45.6 Å². The van der Waals surface area contributed by atoms with Crippen molar-refractivity contribution in [3.8, 4) is 0 Å². The lowest BCUT2D eigenvalue weighted by atomic mass is 10.1. The first-order valence-electron chi connectivity index (χ1n) is 11.2. The molecule has 5 aromatic rings. The lowest BCUT2D eigenvalue weighted by molar-refractivity contribution is -0.115. The maximum Gasteiger partial charge on any atom is 0.230 e. The van der Waals surface area contributed by atoms with E-state index in [-0.39, 0.29) is 12.3 Å². The average molecular weight is 465 g/mol. The van der Waals surface area contributed by atoms with Crippen LogP contribution in [0.25, 0.3) is 11.0 Å². The van der Waals surface area contributed by atoms with E-state index in [1.807, 2.05) is 85.8 Å². The fraction of sp³-hybridized carbons (Fsp3) is 0.111. The molecule has 8 nitrogen and oxygen atoms in total. The third-order valence-electron chi connectivity index (χ3n) is 5.38. The highest BCUT2D eigenvalue weighted by atomic mass is 16.5. The summed E-state index contributed by atoms with van der Waals surface area (Å²) in [5.41, 5.74) is 4.97. The van der Waals surface area contributed by atoms with Crippen molar-refractivity contribution in [2.24, 2.45) is 0 Å². The van der Waals surface area contributed by atoms with Crippen molar-refractivity contribution in [1.29, 1.82) is 0 Å².